The van der Waals surface area contributed by atoms with Crippen LogP contribution in [0.25, 0.3) is 43.6 Å². The molecule has 2 heterocycles. The van der Waals surface area contributed by atoms with Crippen molar-refractivity contribution < 1.29 is 9.30 Å². The van der Waals surface area contributed by atoms with Gasteiger partial charge < -0.3 is 4.74 Å². The topological polar surface area (TPSA) is 13.1 Å². The van der Waals surface area contributed by atoms with Gasteiger partial charge in [0.05, 0.1) is 10.9 Å². The summed E-state index contributed by atoms with van der Waals surface area (Å²) in [5.74, 6) is 2.62. The van der Waals surface area contributed by atoms with Gasteiger partial charge in [-0.2, -0.15) is 0 Å². The van der Waals surface area contributed by atoms with Gasteiger partial charge in [-0.25, -0.2) is 4.57 Å². The van der Waals surface area contributed by atoms with Gasteiger partial charge in [-0.15, -0.1) is 0 Å². The Labute approximate surface area is 194 Å². The van der Waals surface area contributed by atoms with Gasteiger partial charge in [0.15, 0.2) is 6.20 Å². The van der Waals surface area contributed by atoms with Gasteiger partial charge in [-0.3, -0.25) is 0 Å². The smallest absolute Gasteiger partial charge is 0.228 e. The van der Waals surface area contributed by atoms with Gasteiger partial charge in [-0.05, 0) is 70.5 Å². The van der Waals surface area contributed by atoms with Crippen molar-refractivity contribution in [2.45, 2.75) is 44.9 Å². The second-order valence-electron chi connectivity index (χ2n) is 9.91. The van der Waals surface area contributed by atoms with E-state index in [4.69, 9.17) is 4.74 Å². The lowest BCUT2D eigenvalue weighted by atomic mass is 9.81. The molecule has 0 bridgehead atoms. The van der Waals surface area contributed by atoms with E-state index in [0.717, 1.165) is 11.5 Å². The SMILES string of the molecule is Cc1c2c(cc3ccccc13)Oc1cc3c(C4CCCCC4)cccc3c3cc[n+](C)c-2c13. The Morgan fingerprint density at radius 3 is 2.48 bits per heavy atom. The van der Waals surface area contributed by atoms with E-state index < -0.39 is 0 Å². The zero-order chi connectivity index (χ0) is 22.1. The van der Waals surface area contributed by atoms with Crippen molar-refractivity contribution >= 4 is 32.3 Å². The molecule has 5 aromatic rings. The number of fused-ring (bicyclic) bond motifs is 5. The number of aryl methyl sites for hydroxylation is 2. The normalized spacial score (nSPS) is 15.7. The average Bonchev–Trinajstić information content (AvgIpc) is 2.85. The summed E-state index contributed by atoms with van der Waals surface area (Å²) in [4.78, 5) is 0. The number of pyridine rings is 1. The quantitative estimate of drug-likeness (QED) is 0.190. The Balaban J connectivity index is 1.58. The third kappa shape index (κ3) is 2.70. The lowest BCUT2D eigenvalue weighted by Gasteiger charge is -2.26. The van der Waals surface area contributed by atoms with Crippen LogP contribution in [0.4, 0.5) is 0 Å². The van der Waals surface area contributed by atoms with Crippen LogP contribution in [-0.2, 0) is 7.05 Å². The van der Waals surface area contributed by atoms with E-state index in [-0.39, 0.29) is 0 Å². The number of nitrogens with zero attached hydrogens (tertiary/aromatic N) is 1. The van der Waals surface area contributed by atoms with Gasteiger partial charge in [0.25, 0.3) is 0 Å². The molecule has 1 saturated carbocycles. The molecule has 162 valence electrons. The maximum atomic E-state index is 6.73. The van der Waals surface area contributed by atoms with E-state index in [9.17, 15) is 0 Å². The Bertz CT molecular complexity index is 1590. The molecule has 1 aromatic heterocycles. The van der Waals surface area contributed by atoms with E-state index in [0.29, 0.717) is 5.92 Å². The molecule has 2 aliphatic rings. The molecule has 33 heavy (non-hydrogen) atoms. The minimum absolute atomic E-state index is 0.661. The van der Waals surface area contributed by atoms with Crippen LogP contribution in [0.15, 0.2) is 66.9 Å². The van der Waals surface area contributed by atoms with Crippen LogP contribution in [0, 0.1) is 6.92 Å². The molecule has 0 saturated heterocycles. The van der Waals surface area contributed by atoms with E-state index in [2.05, 4.69) is 85.4 Å². The number of hydrogen-bond donors (Lipinski definition) is 0. The summed E-state index contributed by atoms with van der Waals surface area (Å²) in [5, 5.41) is 7.78. The fourth-order valence-corrected chi connectivity index (χ4v) is 6.45. The lowest BCUT2D eigenvalue weighted by molar-refractivity contribution is -0.659. The summed E-state index contributed by atoms with van der Waals surface area (Å²) in [6, 6.07) is 22.4. The zero-order valence-electron chi connectivity index (χ0n) is 19.3. The monoisotopic (exact) mass is 430 g/mol. The van der Waals surface area contributed by atoms with E-state index >= 15 is 0 Å². The zero-order valence-corrected chi connectivity index (χ0v) is 19.3. The molecule has 0 spiro atoms. The maximum absolute atomic E-state index is 6.73. The molecule has 1 aliphatic carbocycles. The molecule has 7 rings (SSSR count). The lowest BCUT2D eigenvalue weighted by Crippen LogP contribution is -2.31. The first-order valence-electron chi connectivity index (χ1n) is 12.3. The fraction of sp³-hybridized carbons (Fsp3) is 0.258. The van der Waals surface area contributed by atoms with Crippen molar-refractivity contribution in [1.82, 2.24) is 0 Å². The standard InChI is InChI=1S/C31H28NO/c1-19-22-12-7-6-11-21(22)17-27-29(19)31-30-25(15-16-32(31)2)24-14-8-13-23(20-9-4-3-5-10-20)26(24)18-28(30)33-27/h6-8,11-18,20H,3-5,9-10H2,1-2H3/q+1. The van der Waals surface area contributed by atoms with Crippen LogP contribution in [-0.4, -0.2) is 0 Å². The number of hydrogen-bond acceptors (Lipinski definition) is 1. The third-order valence-electron chi connectivity index (χ3n) is 8.05. The Kier molecular flexibility index (Phi) is 4.08. The highest BCUT2D eigenvalue weighted by Crippen LogP contribution is 2.50. The number of ether oxygens (including phenoxy) is 1. The van der Waals surface area contributed by atoms with E-state index in [1.165, 1.54) is 86.8 Å². The van der Waals surface area contributed by atoms with Crippen molar-refractivity contribution in [2.24, 2.45) is 7.05 Å². The second kappa shape index (κ2) is 7.05. The fourth-order valence-electron chi connectivity index (χ4n) is 6.45. The number of aromatic nitrogens is 1. The predicted molar refractivity (Wildman–Crippen MR) is 136 cm³/mol. The van der Waals surface area contributed by atoms with Crippen LogP contribution in [0.1, 0.15) is 49.1 Å². The average molecular weight is 431 g/mol. The van der Waals surface area contributed by atoms with Crippen molar-refractivity contribution in [3.8, 4) is 22.8 Å². The molecule has 2 heteroatoms. The summed E-state index contributed by atoms with van der Waals surface area (Å²) in [6.45, 7) is 2.23. The molecule has 0 N–H and O–H groups in total. The molecule has 2 nitrogen and oxygen atoms in total. The minimum atomic E-state index is 0.661. The molecule has 0 radical (unpaired) electrons. The van der Waals surface area contributed by atoms with E-state index in [1.807, 2.05) is 0 Å². The van der Waals surface area contributed by atoms with Gasteiger partial charge in [0, 0.05) is 11.5 Å². The molecule has 0 atom stereocenters. The Morgan fingerprint density at radius 1 is 0.788 bits per heavy atom. The first kappa shape index (κ1) is 19.1. The highest BCUT2D eigenvalue weighted by Gasteiger charge is 2.31. The summed E-state index contributed by atoms with van der Waals surface area (Å²) in [7, 11) is 2.16. The minimum Gasteiger partial charge on any atom is -0.456 e. The highest BCUT2D eigenvalue weighted by atomic mass is 16.5. The number of benzene rings is 4. The largest absolute Gasteiger partial charge is 0.456 e. The van der Waals surface area contributed by atoms with Gasteiger partial charge in [0.2, 0.25) is 5.69 Å². The predicted octanol–water partition coefficient (Wildman–Crippen LogP) is 8.10. The van der Waals surface area contributed by atoms with Crippen molar-refractivity contribution in [2.75, 3.05) is 0 Å². The van der Waals surface area contributed by atoms with Crippen molar-refractivity contribution in [1.29, 1.82) is 0 Å². The van der Waals surface area contributed by atoms with Gasteiger partial charge >= 0.3 is 0 Å². The molecular weight excluding hydrogens is 402 g/mol. The first-order valence-corrected chi connectivity index (χ1v) is 12.3. The van der Waals surface area contributed by atoms with Crippen LogP contribution in [0.5, 0.6) is 11.5 Å². The molecule has 4 aromatic carbocycles. The molecule has 1 aliphatic heterocycles. The van der Waals surface area contributed by atoms with Crippen LogP contribution >= 0.6 is 0 Å². The Morgan fingerprint density at radius 2 is 1.61 bits per heavy atom. The summed E-state index contributed by atoms with van der Waals surface area (Å²) in [6.07, 6.45) is 8.89. The maximum Gasteiger partial charge on any atom is 0.228 e. The van der Waals surface area contributed by atoms with Crippen molar-refractivity contribution in [3.63, 3.8) is 0 Å². The summed E-state index contributed by atoms with van der Waals surface area (Å²) >= 11 is 0. The van der Waals surface area contributed by atoms with Gasteiger partial charge in [-0.1, -0.05) is 61.7 Å². The molecule has 0 unspecified atom stereocenters. The summed E-state index contributed by atoms with van der Waals surface area (Å²) in [5.41, 5.74) is 5.27. The molecule has 0 amide bonds. The number of rotatable bonds is 1. The van der Waals surface area contributed by atoms with Gasteiger partial charge in [0.1, 0.15) is 18.5 Å². The van der Waals surface area contributed by atoms with Crippen LogP contribution in [0.2, 0.25) is 0 Å². The molecule has 1 fully saturated rings. The van der Waals surface area contributed by atoms with E-state index in [1.54, 1.807) is 0 Å². The highest BCUT2D eigenvalue weighted by molar-refractivity contribution is 6.16. The third-order valence-corrected chi connectivity index (χ3v) is 8.05. The summed E-state index contributed by atoms with van der Waals surface area (Å²) < 4.78 is 9.00. The second-order valence-corrected chi connectivity index (χ2v) is 9.91. The van der Waals surface area contributed by atoms with Crippen molar-refractivity contribution in [3.05, 3.63) is 78.0 Å². The molecular formula is C31H28NO+. The Hall–Kier alpha value is -3.39. The van der Waals surface area contributed by atoms with Crippen LogP contribution < -0.4 is 9.30 Å². The van der Waals surface area contributed by atoms with Crippen LogP contribution in [0.3, 0.4) is 0 Å². The first-order chi connectivity index (χ1) is 16.2.